The maximum absolute atomic E-state index is 12.0. The van der Waals surface area contributed by atoms with Crippen LogP contribution in [0.3, 0.4) is 0 Å². The first-order chi connectivity index (χ1) is 11.0. The van der Waals surface area contributed by atoms with Gasteiger partial charge in [0.05, 0.1) is 13.8 Å². The number of benzene rings is 1. The van der Waals surface area contributed by atoms with E-state index in [9.17, 15) is 14.4 Å². The number of carbonyl (C=O) groups is 3. The molecular formula is C16H19N3O4. The van der Waals surface area contributed by atoms with Crippen LogP contribution in [0.1, 0.15) is 18.4 Å². The summed E-state index contributed by atoms with van der Waals surface area (Å²) in [6.45, 7) is 0.758. The van der Waals surface area contributed by atoms with Gasteiger partial charge in [-0.1, -0.05) is 12.1 Å². The van der Waals surface area contributed by atoms with Crippen molar-refractivity contribution in [3.8, 4) is 5.75 Å². The van der Waals surface area contributed by atoms with Gasteiger partial charge in [0.2, 0.25) is 0 Å². The first-order valence-corrected chi connectivity index (χ1v) is 7.51. The quantitative estimate of drug-likeness (QED) is 0.579. The van der Waals surface area contributed by atoms with Crippen LogP contribution in [0.5, 0.6) is 5.75 Å². The van der Waals surface area contributed by atoms with Crippen molar-refractivity contribution in [2.75, 3.05) is 20.8 Å². The van der Waals surface area contributed by atoms with Crippen LogP contribution in [0.4, 0.5) is 4.79 Å². The number of hydrogen-bond donors (Lipinski definition) is 0. The molecule has 2 fully saturated rings. The molecule has 4 amide bonds. The minimum atomic E-state index is -0.768. The smallest absolute Gasteiger partial charge is 0.335 e. The Hall–Kier alpha value is -2.41. The van der Waals surface area contributed by atoms with E-state index in [1.807, 2.05) is 24.3 Å². The fraction of sp³-hybridized carbons (Fsp3) is 0.438. The van der Waals surface area contributed by atoms with Crippen LogP contribution >= 0.6 is 0 Å². The maximum Gasteiger partial charge on any atom is 0.335 e. The van der Waals surface area contributed by atoms with Gasteiger partial charge in [-0.25, -0.2) is 9.69 Å². The Balaban J connectivity index is 1.71. The largest absolute Gasteiger partial charge is 0.497 e. The van der Waals surface area contributed by atoms with E-state index >= 15 is 0 Å². The molecule has 1 aromatic carbocycles. The average Bonchev–Trinajstić information content (AvgIpc) is 3.39. The van der Waals surface area contributed by atoms with Gasteiger partial charge in [-0.3, -0.25) is 19.4 Å². The molecule has 1 aromatic rings. The highest BCUT2D eigenvalue weighted by Crippen LogP contribution is 2.29. The number of methoxy groups -OCH3 is 1. The predicted molar refractivity (Wildman–Crippen MR) is 81.4 cm³/mol. The number of hydrogen-bond acceptors (Lipinski definition) is 5. The Morgan fingerprint density at radius 3 is 2.26 bits per heavy atom. The SMILES string of the molecule is COc1ccc(CN(CN2C(=O)C(=O)N(C)C2=O)C2CC2)cc1. The van der Waals surface area contributed by atoms with E-state index in [4.69, 9.17) is 4.74 Å². The van der Waals surface area contributed by atoms with Gasteiger partial charge in [0.25, 0.3) is 0 Å². The Morgan fingerprint density at radius 1 is 1.13 bits per heavy atom. The second-order valence-electron chi connectivity index (χ2n) is 5.85. The van der Waals surface area contributed by atoms with Crippen molar-refractivity contribution in [3.63, 3.8) is 0 Å². The van der Waals surface area contributed by atoms with Gasteiger partial charge < -0.3 is 4.74 Å². The summed E-state index contributed by atoms with van der Waals surface area (Å²) in [5.41, 5.74) is 1.07. The van der Waals surface area contributed by atoms with Crippen molar-refractivity contribution in [1.29, 1.82) is 0 Å². The Kier molecular flexibility index (Phi) is 4.04. The van der Waals surface area contributed by atoms with Crippen molar-refractivity contribution in [3.05, 3.63) is 29.8 Å². The summed E-state index contributed by atoms with van der Waals surface area (Å²) in [6, 6.07) is 7.46. The lowest BCUT2D eigenvalue weighted by atomic mass is 10.2. The van der Waals surface area contributed by atoms with Crippen LogP contribution in [0.25, 0.3) is 0 Å². The van der Waals surface area contributed by atoms with Crippen molar-refractivity contribution in [2.45, 2.75) is 25.4 Å². The molecule has 1 heterocycles. The monoisotopic (exact) mass is 317 g/mol. The fourth-order valence-electron chi connectivity index (χ4n) is 2.62. The van der Waals surface area contributed by atoms with Crippen LogP contribution in [0, 0.1) is 0 Å². The second kappa shape index (κ2) is 6.00. The third kappa shape index (κ3) is 3.05. The highest BCUT2D eigenvalue weighted by molar-refractivity contribution is 6.44. The zero-order valence-electron chi connectivity index (χ0n) is 13.2. The number of amides is 4. The Morgan fingerprint density at radius 2 is 1.78 bits per heavy atom. The van der Waals surface area contributed by atoms with E-state index in [-0.39, 0.29) is 6.67 Å². The number of imide groups is 2. The molecule has 0 radical (unpaired) electrons. The van der Waals surface area contributed by atoms with Crippen LogP contribution < -0.4 is 4.74 Å². The van der Waals surface area contributed by atoms with E-state index in [0.29, 0.717) is 12.6 Å². The van der Waals surface area contributed by atoms with Gasteiger partial charge in [-0.2, -0.15) is 0 Å². The summed E-state index contributed by atoms with van der Waals surface area (Å²) in [7, 11) is 2.94. The van der Waals surface area contributed by atoms with Crippen LogP contribution in [0.2, 0.25) is 0 Å². The first-order valence-electron chi connectivity index (χ1n) is 7.51. The zero-order chi connectivity index (χ0) is 16.6. The number of nitrogens with zero attached hydrogens (tertiary/aromatic N) is 3. The molecule has 0 unspecified atom stereocenters. The van der Waals surface area contributed by atoms with E-state index in [1.54, 1.807) is 7.11 Å². The molecule has 1 aliphatic heterocycles. The summed E-state index contributed by atoms with van der Waals surface area (Å²) >= 11 is 0. The molecule has 1 saturated carbocycles. The highest BCUT2D eigenvalue weighted by atomic mass is 16.5. The topological polar surface area (TPSA) is 70.2 Å². The number of likely N-dealkylation sites (N-methyl/N-ethyl adjacent to an activating group) is 1. The Labute approximate surface area is 134 Å². The molecule has 0 spiro atoms. The lowest BCUT2D eigenvalue weighted by Gasteiger charge is -2.26. The molecule has 0 bridgehead atoms. The van der Waals surface area contributed by atoms with Crippen molar-refractivity contribution in [1.82, 2.24) is 14.7 Å². The van der Waals surface area contributed by atoms with Gasteiger partial charge in [0.1, 0.15) is 5.75 Å². The second-order valence-corrected chi connectivity index (χ2v) is 5.85. The van der Waals surface area contributed by atoms with Crippen LogP contribution in [0.15, 0.2) is 24.3 Å². The standard InChI is InChI=1S/C16H19N3O4/c1-17-14(20)15(21)19(16(17)22)10-18(12-5-6-12)9-11-3-7-13(23-2)8-4-11/h3-4,7-8,12H,5-6,9-10H2,1-2H3. The number of rotatable bonds is 6. The molecule has 23 heavy (non-hydrogen) atoms. The summed E-state index contributed by atoms with van der Waals surface area (Å²) in [4.78, 5) is 39.5. The Bertz CT molecular complexity index is 639. The molecule has 2 aliphatic rings. The van der Waals surface area contributed by atoms with Gasteiger partial charge in [-0.05, 0) is 30.5 Å². The number of ether oxygens (including phenoxy) is 1. The lowest BCUT2D eigenvalue weighted by molar-refractivity contribution is -0.143. The van der Waals surface area contributed by atoms with E-state index < -0.39 is 17.8 Å². The van der Waals surface area contributed by atoms with Crippen molar-refractivity contribution in [2.24, 2.45) is 0 Å². The summed E-state index contributed by atoms with van der Waals surface area (Å²) in [6.07, 6.45) is 2.08. The van der Waals surface area contributed by atoms with E-state index in [0.717, 1.165) is 34.0 Å². The minimum absolute atomic E-state index is 0.143. The van der Waals surface area contributed by atoms with Crippen molar-refractivity contribution >= 4 is 17.8 Å². The first kappa shape index (κ1) is 15.5. The minimum Gasteiger partial charge on any atom is -0.497 e. The molecule has 3 rings (SSSR count). The highest BCUT2D eigenvalue weighted by Gasteiger charge is 2.44. The van der Waals surface area contributed by atoms with Gasteiger partial charge in [0.15, 0.2) is 0 Å². The van der Waals surface area contributed by atoms with E-state index in [2.05, 4.69) is 4.90 Å². The molecule has 0 N–H and O–H groups in total. The maximum atomic E-state index is 12.0. The van der Waals surface area contributed by atoms with Gasteiger partial charge >= 0.3 is 17.8 Å². The van der Waals surface area contributed by atoms with Gasteiger partial charge in [-0.15, -0.1) is 0 Å². The molecule has 0 atom stereocenters. The molecule has 1 aliphatic carbocycles. The normalized spacial score (nSPS) is 18.3. The van der Waals surface area contributed by atoms with Crippen LogP contribution in [-0.2, 0) is 16.1 Å². The predicted octanol–water partition coefficient (Wildman–Crippen LogP) is 1.04. The zero-order valence-corrected chi connectivity index (χ0v) is 13.2. The van der Waals surface area contributed by atoms with Gasteiger partial charge in [0, 0.05) is 19.6 Å². The molecule has 7 nitrogen and oxygen atoms in total. The van der Waals surface area contributed by atoms with Crippen molar-refractivity contribution < 1.29 is 19.1 Å². The summed E-state index contributed by atoms with van der Waals surface area (Å²) < 4.78 is 5.14. The molecule has 0 aromatic heterocycles. The molecular weight excluding hydrogens is 298 g/mol. The molecule has 1 saturated heterocycles. The number of carbonyl (C=O) groups excluding carboxylic acids is 3. The molecule has 122 valence electrons. The van der Waals surface area contributed by atoms with E-state index in [1.165, 1.54) is 7.05 Å². The third-order valence-electron chi connectivity index (χ3n) is 4.18. The average molecular weight is 317 g/mol. The molecule has 7 heteroatoms. The number of urea groups is 1. The third-order valence-corrected chi connectivity index (χ3v) is 4.18. The fourth-order valence-corrected chi connectivity index (χ4v) is 2.62. The van der Waals surface area contributed by atoms with Crippen LogP contribution in [-0.4, -0.2) is 59.4 Å². The lowest BCUT2D eigenvalue weighted by Crippen LogP contribution is -2.42. The summed E-state index contributed by atoms with van der Waals surface area (Å²) in [5.74, 6) is -0.739. The summed E-state index contributed by atoms with van der Waals surface area (Å²) in [5, 5.41) is 0.